The summed E-state index contributed by atoms with van der Waals surface area (Å²) in [6.07, 6.45) is 1.99. The molecule has 0 amide bonds. The smallest absolute Gasteiger partial charge is 0.194 e. The van der Waals surface area contributed by atoms with Crippen molar-refractivity contribution in [1.82, 2.24) is 9.38 Å². The minimum Gasteiger partial charge on any atom is -0.325 e. The number of halogens is 2. The zero-order valence-corrected chi connectivity index (χ0v) is 9.51. The van der Waals surface area contributed by atoms with Crippen LogP contribution in [0.15, 0.2) is 11.6 Å². The first-order valence-electron chi connectivity index (χ1n) is 3.43. The predicted octanol–water partition coefficient (Wildman–Crippen LogP) is 2.01. The van der Waals surface area contributed by atoms with Crippen LogP contribution in [0.25, 0.3) is 4.96 Å². The van der Waals surface area contributed by atoms with Crippen molar-refractivity contribution in [2.45, 2.75) is 13.5 Å². The van der Waals surface area contributed by atoms with Crippen LogP contribution in [-0.4, -0.2) is 9.38 Å². The monoisotopic (exact) mass is 239 g/mol. The van der Waals surface area contributed by atoms with Gasteiger partial charge in [0.1, 0.15) is 0 Å². The number of fused-ring (bicyclic) bond motifs is 1. The normalized spacial score (nSPS) is 9.38. The average Bonchev–Trinajstić information content (AvgIpc) is 2.53. The van der Waals surface area contributed by atoms with E-state index in [0.29, 0.717) is 6.54 Å². The van der Waals surface area contributed by atoms with Crippen molar-refractivity contribution in [3.8, 4) is 0 Å². The fourth-order valence-corrected chi connectivity index (χ4v) is 1.91. The molecule has 0 saturated heterocycles. The molecule has 2 rings (SSSR count). The Balaban J connectivity index is 0.000000720. The summed E-state index contributed by atoms with van der Waals surface area (Å²) in [5.41, 5.74) is 7.63. The van der Waals surface area contributed by atoms with Gasteiger partial charge in [-0.3, -0.25) is 4.40 Å². The van der Waals surface area contributed by atoms with Crippen LogP contribution in [0.1, 0.15) is 11.4 Å². The van der Waals surface area contributed by atoms with Crippen LogP contribution < -0.4 is 5.73 Å². The van der Waals surface area contributed by atoms with E-state index in [2.05, 4.69) is 21.7 Å². The minimum atomic E-state index is 0. The number of imidazole rings is 1. The van der Waals surface area contributed by atoms with E-state index in [4.69, 9.17) is 5.73 Å². The third kappa shape index (κ3) is 2.14. The number of rotatable bonds is 1. The number of hydrogen-bond donors (Lipinski definition) is 1. The number of aryl methyl sites for hydroxylation is 1. The number of hydrogen-bond acceptors (Lipinski definition) is 3. The van der Waals surface area contributed by atoms with Gasteiger partial charge in [-0.25, -0.2) is 4.98 Å². The van der Waals surface area contributed by atoms with Crippen molar-refractivity contribution in [2.75, 3.05) is 0 Å². The van der Waals surface area contributed by atoms with E-state index in [-0.39, 0.29) is 24.8 Å². The number of aromatic nitrogens is 2. The SMILES string of the molecule is Cc1csc2nc(CN)cn12.Cl.Cl. The van der Waals surface area contributed by atoms with Gasteiger partial charge in [-0.15, -0.1) is 36.2 Å². The molecule has 2 N–H and O–H groups in total. The molecule has 74 valence electrons. The Morgan fingerprint density at radius 2 is 2.23 bits per heavy atom. The lowest BCUT2D eigenvalue weighted by atomic mass is 10.5. The van der Waals surface area contributed by atoms with E-state index < -0.39 is 0 Å². The summed E-state index contributed by atoms with van der Waals surface area (Å²) in [5.74, 6) is 0. The van der Waals surface area contributed by atoms with Crippen LogP contribution in [-0.2, 0) is 6.54 Å². The Labute approximate surface area is 92.8 Å². The number of thiazole rings is 1. The average molecular weight is 240 g/mol. The predicted molar refractivity (Wildman–Crippen MR) is 60.2 cm³/mol. The molecule has 0 atom stereocenters. The molecule has 0 bridgehead atoms. The molecule has 0 unspecified atom stereocenters. The molecule has 0 radical (unpaired) electrons. The molecule has 2 aromatic rings. The van der Waals surface area contributed by atoms with Gasteiger partial charge in [0.25, 0.3) is 0 Å². The molecule has 6 heteroatoms. The third-order valence-corrected chi connectivity index (χ3v) is 2.61. The van der Waals surface area contributed by atoms with Gasteiger partial charge in [0.15, 0.2) is 4.96 Å². The van der Waals surface area contributed by atoms with Gasteiger partial charge in [0.05, 0.1) is 5.69 Å². The summed E-state index contributed by atoms with van der Waals surface area (Å²) in [6, 6.07) is 0. The fourth-order valence-electron chi connectivity index (χ4n) is 1.04. The van der Waals surface area contributed by atoms with Crippen LogP contribution in [0.4, 0.5) is 0 Å². The van der Waals surface area contributed by atoms with Gasteiger partial charge in [-0.1, -0.05) is 0 Å². The summed E-state index contributed by atoms with van der Waals surface area (Å²) >= 11 is 1.65. The van der Waals surface area contributed by atoms with Crippen LogP contribution in [0.5, 0.6) is 0 Å². The van der Waals surface area contributed by atoms with Gasteiger partial charge < -0.3 is 5.73 Å². The summed E-state index contributed by atoms with van der Waals surface area (Å²) in [7, 11) is 0. The molecule has 0 aromatic carbocycles. The van der Waals surface area contributed by atoms with Crippen molar-refractivity contribution < 1.29 is 0 Å². The Bertz CT molecular complexity index is 382. The Morgan fingerprint density at radius 3 is 2.77 bits per heavy atom. The van der Waals surface area contributed by atoms with Crippen molar-refractivity contribution in [1.29, 1.82) is 0 Å². The first-order valence-corrected chi connectivity index (χ1v) is 4.31. The maximum atomic E-state index is 5.45. The summed E-state index contributed by atoms with van der Waals surface area (Å²) in [4.78, 5) is 5.34. The highest BCUT2D eigenvalue weighted by molar-refractivity contribution is 7.15. The quantitative estimate of drug-likeness (QED) is 0.828. The van der Waals surface area contributed by atoms with Crippen LogP contribution >= 0.6 is 36.2 Å². The van der Waals surface area contributed by atoms with Crippen molar-refractivity contribution in [3.05, 3.63) is 23.0 Å². The van der Waals surface area contributed by atoms with E-state index in [0.717, 1.165) is 10.7 Å². The zero-order valence-electron chi connectivity index (χ0n) is 7.06. The molecule has 0 saturated carbocycles. The molecule has 2 heterocycles. The minimum absolute atomic E-state index is 0. The molecule has 0 spiro atoms. The van der Waals surface area contributed by atoms with E-state index in [9.17, 15) is 0 Å². The summed E-state index contributed by atoms with van der Waals surface area (Å²) in [6.45, 7) is 2.58. The zero-order chi connectivity index (χ0) is 7.84. The number of nitrogens with zero attached hydrogens (tertiary/aromatic N) is 2. The second-order valence-electron chi connectivity index (χ2n) is 2.47. The van der Waals surface area contributed by atoms with Gasteiger partial charge in [-0.05, 0) is 6.92 Å². The van der Waals surface area contributed by atoms with Crippen molar-refractivity contribution in [2.24, 2.45) is 5.73 Å². The molecular formula is C7H11Cl2N3S. The van der Waals surface area contributed by atoms with Gasteiger partial charge in [0, 0.05) is 23.8 Å². The molecular weight excluding hydrogens is 229 g/mol. The molecule has 2 aromatic heterocycles. The highest BCUT2D eigenvalue weighted by Gasteiger charge is 2.02. The lowest BCUT2D eigenvalue weighted by Crippen LogP contribution is -1.95. The van der Waals surface area contributed by atoms with Crippen molar-refractivity contribution in [3.63, 3.8) is 0 Å². The molecule has 0 fully saturated rings. The van der Waals surface area contributed by atoms with E-state index in [1.165, 1.54) is 5.69 Å². The van der Waals surface area contributed by atoms with E-state index in [1.54, 1.807) is 11.3 Å². The Kier molecular flexibility index (Phi) is 4.70. The Hall–Kier alpha value is -0.290. The first kappa shape index (κ1) is 12.7. The summed E-state index contributed by atoms with van der Waals surface area (Å²) < 4.78 is 2.06. The van der Waals surface area contributed by atoms with E-state index >= 15 is 0 Å². The highest BCUT2D eigenvalue weighted by Crippen LogP contribution is 2.15. The largest absolute Gasteiger partial charge is 0.325 e. The lowest BCUT2D eigenvalue weighted by Gasteiger charge is -1.84. The second kappa shape index (κ2) is 4.81. The highest BCUT2D eigenvalue weighted by atomic mass is 35.5. The molecule has 0 aliphatic carbocycles. The maximum Gasteiger partial charge on any atom is 0.194 e. The van der Waals surface area contributed by atoms with E-state index in [1.807, 2.05) is 6.20 Å². The molecule has 0 aliphatic rings. The molecule has 13 heavy (non-hydrogen) atoms. The first-order chi connectivity index (χ1) is 5.31. The van der Waals surface area contributed by atoms with Crippen LogP contribution in [0.3, 0.4) is 0 Å². The standard InChI is InChI=1S/C7H9N3S.2ClH/c1-5-4-11-7-9-6(2-8)3-10(5)7;;/h3-4H,2,8H2,1H3;2*1H. The topological polar surface area (TPSA) is 43.3 Å². The third-order valence-electron chi connectivity index (χ3n) is 1.65. The van der Waals surface area contributed by atoms with Gasteiger partial charge >= 0.3 is 0 Å². The van der Waals surface area contributed by atoms with Gasteiger partial charge in [-0.2, -0.15) is 0 Å². The number of nitrogens with two attached hydrogens (primary N) is 1. The Morgan fingerprint density at radius 1 is 1.54 bits per heavy atom. The molecule has 0 aliphatic heterocycles. The van der Waals surface area contributed by atoms with Crippen LogP contribution in [0, 0.1) is 6.92 Å². The van der Waals surface area contributed by atoms with Gasteiger partial charge in [0.2, 0.25) is 0 Å². The summed E-state index contributed by atoms with van der Waals surface area (Å²) in [5, 5.41) is 2.09. The maximum absolute atomic E-state index is 5.45. The van der Waals surface area contributed by atoms with Crippen molar-refractivity contribution >= 4 is 41.1 Å². The molecule has 3 nitrogen and oxygen atoms in total. The lowest BCUT2D eigenvalue weighted by molar-refractivity contribution is 1.01. The van der Waals surface area contributed by atoms with Crippen LogP contribution in [0.2, 0.25) is 0 Å². The second-order valence-corrected chi connectivity index (χ2v) is 3.30. The fraction of sp³-hybridized carbons (Fsp3) is 0.286.